The van der Waals surface area contributed by atoms with Crippen molar-refractivity contribution in [3.8, 4) is 0 Å². The average molecular weight is 397 g/mol. The molecule has 144 valence electrons. The zero-order valence-electron chi connectivity index (χ0n) is 15.0. The summed E-state index contributed by atoms with van der Waals surface area (Å²) in [6.07, 6.45) is 4.63. The van der Waals surface area contributed by atoms with Crippen LogP contribution in [0.2, 0.25) is 0 Å². The number of benzene rings is 1. The number of nitrogens with zero attached hydrogens (tertiary/aromatic N) is 1. The molecule has 2 N–H and O–H groups in total. The molecule has 1 amide bonds. The molecule has 0 aliphatic carbocycles. The van der Waals surface area contributed by atoms with Crippen molar-refractivity contribution in [2.24, 2.45) is 0 Å². The van der Waals surface area contributed by atoms with Gasteiger partial charge >= 0.3 is 0 Å². The topological polar surface area (TPSA) is 101 Å². The predicted octanol–water partition coefficient (Wildman–Crippen LogP) is 2.28. The van der Waals surface area contributed by atoms with Gasteiger partial charge in [-0.25, -0.2) is 8.42 Å². The van der Waals surface area contributed by atoms with Crippen LogP contribution in [0.15, 0.2) is 63.1 Å². The quantitative estimate of drug-likeness (QED) is 0.700. The highest BCUT2D eigenvalue weighted by Crippen LogP contribution is 2.29. The number of nitrogens with one attached hydrogen (secondary N) is 2. The second-order valence-electron chi connectivity index (χ2n) is 7.35. The van der Waals surface area contributed by atoms with E-state index in [0.717, 1.165) is 19.3 Å². The van der Waals surface area contributed by atoms with Gasteiger partial charge < -0.3 is 15.1 Å². The van der Waals surface area contributed by atoms with Gasteiger partial charge in [-0.3, -0.25) is 9.78 Å². The normalized spacial score (nSPS) is 23.9. The van der Waals surface area contributed by atoms with Crippen LogP contribution in [0.25, 0.3) is 11.0 Å². The van der Waals surface area contributed by atoms with Gasteiger partial charge in [0.15, 0.2) is 0 Å². The number of carbonyl (C=O) groups excluding carboxylic acids is 1. The Labute approximate surface area is 162 Å². The number of amides is 1. The molecule has 4 heterocycles. The van der Waals surface area contributed by atoms with Crippen molar-refractivity contribution in [1.29, 1.82) is 0 Å². The second kappa shape index (κ2) is 6.42. The average Bonchev–Trinajstić information content (AvgIpc) is 3.43. The fourth-order valence-electron chi connectivity index (χ4n) is 4.11. The number of pyridine rings is 1. The Kier molecular flexibility index (Phi) is 3.99. The standard InChI is InChI=1S/C20H19N3O4S/c24-20(23-16-9-13-6-7-15(16)22-13)17-10-18-12(11-21-17)8-19(27-18)28(25,26)14-4-2-1-3-5-14/h1-5,8,10-11,13,15-16,22H,6-7,9H2,(H,23,24)/t13-,15+,16-/m1/s1. The van der Waals surface area contributed by atoms with Crippen molar-refractivity contribution in [3.05, 3.63) is 54.4 Å². The molecule has 0 radical (unpaired) electrons. The van der Waals surface area contributed by atoms with E-state index in [0.29, 0.717) is 23.1 Å². The molecule has 7 nitrogen and oxygen atoms in total. The summed E-state index contributed by atoms with van der Waals surface area (Å²) in [5.74, 6) is -0.273. The molecule has 8 heteroatoms. The molecule has 0 unspecified atom stereocenters. The fraction of sp³-hybridized carbons (Fsp3) is 0.300. The van der Waals surface area contributed by atoms with Gasteiger partial charge in [0.25, 0.3) is 5.91 Å². The number of carbonyl (C=O) groups is 1. The minimum Gasteiger partial charge on any atom is -0.444 e. The van der Waals surface area contributed by atoms with Gasteiger partial charge in [0, 0.05) is 41.8 Å². The summed E-state index contributed by atoms with van der Waals surface area (Å²) in [6.45, 7) is 0. The van der Waals surface area contributed by atoms with E-state index in [1.54, 1.807) is 18.2 Å². The molecule has 2 aliphatic heterocycles. The van der Waals surface area contributed by atoms with Gasteiger partial charge in [0.2, 0.25) is 14.9 Å². The van der Waals surface area contributed by atoms with Crippen LogP contribution in [0, 0.1) is 0 Å². The van der Waals surface area contributed by atoms with E-state index in [-0.39, 0.29) is 27.6 Å². The Hall–Kier alpha value is -2.71. The molecule has 5 rings (SSSR count). The Balaban J connectivity index is 1.42. The number of sulfone groups is 1. The van der Waals surface area contributed by atoms with Crippen molar-refractivity contribution in [2.75, 3.05) is 0 Å². The van der Waals surface area contributed by atoms with E-state index in [9.17, 15) is 13.2 Å². The van der Waals surface area contributed by atoms with Crippen LogP contribution in [-0.4, -0.2) is 37.4 Å². The molecule has 3 atom stereocenters. The molecule has 28 heavy (non-hydrogen) atoms. The molecule has 2 aliphatic rings. The van der Waals surface area contributed by atoms with Crippen molar-refractivity contribution in [1.82, 2.24) is 15.6 Å². The molecular weight excluding hydrogens is 378 g/mol. The third-order valence-electron chi connectivity index (χ3n) is 5.55. The first-order valence-electron chi connectivity index (χ1n) is 9.27. The van der Waals surface area contributed by atoms with Gasteiger partial charge in [0.1, 0.15) is 11.3 Å². The lowest BCUT2D eigenvalue weighted by Gasteiger charge is -2.21. The van der Waals surface area contributed by atoms with Gasteiger partial charge in [0.05, 0.1) is 4.90 Å². The molecule has 1 aromatic carbocycles. The number of hydrogen-bond donors (Lipinski definition) is 2. The van der Waals surface area contributed by atoms with Crippen LogP contribution in [0.3, 0.4) is 0 Å². The minimum atomic E-state index is -3.76. The molecule has 0 spiro atoms. The van der Waals surface area contributed by atoms with E-state index < -0.39 is 9.84 Å². The molecule has 2 saturated heterocycles. The van der Waals surface area contributed by atoms with Crippen LogP contribution < -0.4 is 10.6 Å². The Morgan fingerprint density at radius 2 is 2.00 bits per heavy atom. The third-order valence-corrected chi connectivity index (χ3v) is 7.17. The van der Waals surface area contributed by atoms with Crippen LogP contribution in [0.1, 0.15) is 29.8 Å². The van der Waals surface area contributed by atoms with E-state index in [4.69, 9.17) is 4.42 Å². The number of aromatic nitrogens is 1. The zero-order valence-corrected chi connectivity index (χ0v) is 15.8. The van der Waals surface area contributed by atoms with Crippen molar-refractivity contribution >= 4 is 26.7 Å². The summed E-state index contributed by atoms with van der Waals surface area (Å²) in [5, 5.41) is 6.88. The summed E-state index contributed by atoms with van der Waals surface area (Å²) in [5.41, 5.74) is 0.536. The summed E-state index contributed by atoms with van der Waals surface area (Å²) in [4.78, 5) is 16.9. The molecule has 2 bridgehead atoms. The fourth-order valence-corrected chi connectivity index (χ4v) is 5.34. The monoisotopic (exact) mass is 397 g/mol. The summed E-state index contributed by atoms with van der Waals surface area (Å²) < 4.78 is 31.0. The summed E-state index contributed by atoms with van der Waals surface area (Å²) in [6, 6.07) is 11.9. The van der Waals surface area contributed by atoms with Crippen LogP contribution in [0.5, 0.6) is 0 Å². The maximum absolute atomic E-state index is 12.7. The van der Waals surface area contributed by atoms with Gasteiger partial charge in [-0.2, -0.15) is 0 Å². The second-order valence-corrected chi connectivity index (χ2v) is 9.23. The van der Waals surface area contributed by atoms with E-state index in [1.165, 1.54) is 30.5 Å². The largest absolute Gasteiger partial charge is 0.444 e. The first-order chi connectivity index (χ1) is 13.5. The Morgan fingerprint density at radius 1 is 1.18 bits per heavy atom. The molecule has 2 fully saturated rings. The molecule has 2 aromatic heterocycles. The first-order valence-corrected chi connectivity index (χ1v) is 10.8. The number of rotatable bonds is 4. The molecule has 3 aromatic rings. The highest BCUT2D eigenvalue weighted by molar-refractivity contribution is 7.91. The smallest absolute Gasteiger partial charge is 0.270 e. The Morgan fingerprint density at radius 3 is 2.71 bits per heavy atom. The van der Waals surface area contributed by atoms with E-state index in [2.05, 4.69) is 15.6 Å². The van der Waals surface area contributed by atoms with E-state index >= 15 is 0 Å². The zero-order chi connectivity index (χ0) is 19.3. The van der Waals surface area contributed by atoms with Crippen LogP contribution >= 0.6 is 0 Å². The SMILES string of the molecule is O=C(N[C@@H]1C[C@H]2CC[C@@H]1N2)c1cc2oc(S(=O)(=O)c3ccccc3)cc2cn1. The Bertz CT molecular complexity index is 1160. The lowest BCUT2D eigenvalue weighted by Crippen LogP contribution is -2.43. The number of furan rings is 1. The van der Waals surface area contributed by atoms with Gasteiger partial charge in [-0.05, 0) is 31.4 Å². The predicted molar refractivity (Wildman–Crippen MR) is 102 cm³/mol. The maximum atomic E-state index is 12.7. The maximum Gasteiger partial charge on any atom is 0.270 e. The van der Waals surface area contributed by atoms with Crippen molar-refractivity contribution in [2.45, 2.75) is 47.4 Å². The first kappa shape index (κ1) is 17.4. The van der Waals surface area contributed by atoms with Crippen LogP contribution in [-0.2, 0) is 9.84 Å². The molecule has 0 saturated carbocycles. The highest BCUT2D eigenvalue weighted by Gasteiger charge is 2.39. The lowest BCUT2D eigenvalue weighted by molar-refractivity contribution is 0.0926. The third kappa shape index (κ3) is 2.89. The number of fused-ring (bicyclic) bond motifs is 3. The van der Waals surface area contributed by atoms with E-state index in [1.807, 2.05) is 0 Å². The molecular formula is C20H19N3O4S. The lowest BCUT2D eigenvalue weighted by atomic mass is 9.95. The number of hydrogen-bond acceptors (Lipinski definition) is 6. The van der Waals surface area contributed by atoms with Crippen molar-refractivity contribution in [3.63, 3.8) is 0 Å². The summed E-state index contributed by atoms with van der Waals surface area (Å²) in [7, 11) is -3.76. The van der Waals surface area contributed by atoms with Gasteiger partial charge in [-0.1, -0.05) is 18.2 Å². The van der Waals surface area contributed by atoms with Crippen molar-refractivity contribution < 1.29 is 17.6 Å². The van der Waals surface area contributed by atoms with Gasteiger partial charge in [-0.15, -0.1) is 0 Å². The summed E-state index contributed by atoms with van der Waals surface area (Å²) >= 11 is 0. The minimum absolute atomic E-state index is 0.106. The van der Waals surface area contributed by atoms with Crippen LogP contribution in [0.4, 0.5) is 0 Å². The highest BCUT2D eigenvalue weighted by atomic mass is 32.2.